The van der Waals surface area contributed by atoms with Gasteiger partial charge in [0, 0.05) is 147 Å². The van der Waals surface area contributed by atoms with Gasteiger partial charge in [0.25, 0.3) is 0 Å². The number of rotatable bonds is 24. The van der Waals surface area contributed by atoms with E-state index in [1.807, 2.05) is 289 Å². The predicted molar refractivity (Wildman–Crippen MR) is 540 cm³/mol. The van der Waals surface area contributed by atoms with Gasteiger partial charge in [0.1, 0.15) is 118 Å². The van der Waals surface area contributed by atoms with Crippen LogP contribution in [-0.4, -0.2) is 147 Å². The van der Waals surface area contributed by atoms with Crippen molar-refractivity contribution < 1.29 is 37.3 Å². The zero-order chi connectivity index (χ0) is 97.9. The maximum Gasteiger partial charge on any atom is 0.232 e. The Hall–Kier alpha value is -20.3. The normalized spacial score (nSPS) is 11.1. The predicted octanol–water partition coefficient (Wildman–Crippen LogP) is 19.2. The lowest BCUT2D eigenvalue weighted by molar-refractivity contribution is -0.116. The number of amides is 4. The van der Waals surface area contributed by atoms with Crippen molar-refractivity contribution in [2.75, 3.05) is 21.3 Å². The molecule has 24 rings (SSSR count). The molecule has 7 aromatic carbocycles. The Kier molecular flexibility index (Phi) is 25.4. The Morgan fingerprint density at radius 2 is 0.667 bits per heavy atom. The fourth-order valence-corrected chi connectivity index (χ4v) is 16.1. The van der Waals surface area contributed by atoms with Crippen LogP contribution >= 0.6 is 0 Å². The number of aryl methyl sites for hydroxylation is 4. The third-order valence-corrected chi connectivity index (χ3v) is 23.0. The van der Waals surface area contributed by atoms with Gasteiger partial charge < -0.3 is 59.3 Å². The molecule has 24 aromatic rings. The van der Waals surface area contributed by atoms with Gasteiger partial charge in [-0.1, -0.05) is 136 Å². The molecule has 37 heteroatoms. The molecule has 0 saturated heterocycles. The molecule has 17 heterocycles. The Bertz CT molecular complexity index is 7660. The van der Waals surface area contributed by atoms with Gasteiger partial charge in [-0.25, -0.2) is 59.8 Å². The van der Waals surface area contributed by atoms with Crippen LogP contribution in [-0.2, 0) is 44.9 Å². The first-order valence-electron chi connectivity index (χ1n) is 45.4. The number of benzene rings is 7. The highest BCUT2D eigenvalue weighted by molar-refractivity contribution is 5.97. The van der Waals surface area contributed by atoms with Gasteiger partial charge in [0.05, 0.1) is 64.9 Å². The van der Waals surface area contributed by atoms with Crippen LogP contribution in [0.3, 0.4) is 0 Å². The third kappa shape index (κ3) is 20.8. The van der Waals surface area contributed by atoms with Crippen molar-refractivity contribution in [1.82, 2.24) is 124 Å². The summed E-state index contributed by atoms with van der Waals surface area (Å²) in [5.41, 5.74) is 23.0. The number of pyridine rings is 3. The molecule has 0 unspecified atom stereocenters. The minimum Gasteiger partial charge on any atom is -0.360 e. The summed E-state index contributed by atoms with van der Waals surface area (Å²) in [7, 11) is 0. The highest BCUT2D eigenvalue weighted by Gasteiger charge is 2.22. The SMILES string of the molecule is Cc1cn(-c2nccc3[nH]c(-c4ccc(NC(=O)Cc5cc(-c6ccccc6)no5)cc4)cc23)cn1.Cc1cn(-c2nccc3[nH]c(-c4ccc(NC(=O)Cc5cc(-c6ccncc6)no5)cc4)nc23)cn1.Cc1cn(-c2ncnc3[nH]c(-c4ccc(NC(=O)Cc5cc(-c6ccccc6)no5)cc4)cc23)cn1.Cc1cn(-c2ncnc3nc(-c4ccc(NC(=O)Cc5cc(-c6ccccc6)no5)cc4)[nH]c23)cn1. The number of nitrogens with one attached hydrogen (secondary N) is 8. The van der Waals surface area contributed by atoms with Gasteiger partial charge in [-0.05, 0) is 148 Å². The second kappa shape index (κ2) is 40.6. The lowest BCUT2D eigenvalue weighted by atomic mass is 10.1. The molecule has 144 heavy (non-hydrogen) atoms. The van der Waals surface area contributed by atoms with Gasteiger partial charge >= 0.3 is 0 Å². The monoisotopic (exact) mass is 1900 g/mol. The van der Waals surface area contributed by atoms with E-state index in [1.165, 1.54) is 12.7 Å². The first kappa shape index (κ1) is 90.2. The van der Waals surface area contributed by atoms with Crippen LogP contribution in [0.2, 0.25) is 0 Å². The van der Waals surface area contributed by atoms with Crippen LogP contribution in [0.4, 0.5) is 22.7 Å². The summed E-state index contributed by atoms with van der Waals surface area (Å²) in [6.07, 6.45) is 24.9. The zero-order valence-electron chi connectivity index (χ0n) is 77.2. The van der Waals surface area contributed by atoms with Crippen LogP contribution in [0.25, 0.3) is 158 Å². The van der Waals surface area contributed by atoms with Crippen molar-refractivity contribution in [2.45, 2.75) is 53.4 Å². The number of nitrogens with zero attached hydrogens (tertiary/aromatic N) is 21. The largest absolute Gasteiger partial charge is 0.360 e. The molecule has 0 aliphatic carbocycles. The van der Waals surface area contributed by atoms with E-state index in [4.69, 9.17) is 23.1 Å². The zero-order valence-corrected chi connectivity index (χ0v) is 77.2. The Morgan fingerprint density at radius 3 is 1.10 bits per heavy atom. The highest BCUT2D eigenvalue weighted by atomic mass is 16.5. The number of fused-ring (bicyclic) bond motifs is 4. The minimum atomic E-state index is -0.199. The van der Waals surface area contributed by atoms with Crippen molar-refractivity contribution in [2.24, 2.45) is 0 Å². The number of carbonyl (C=O) groups excluding carboxylic acids is 4. The summed E-state index contributed by atoms with van der Waals surface area (Å²) in [4.78, 5) is 121. The van der Waals surface area contributed by atoms with E-state index in [0.717, 1.165) is 123 Å². The van der Waals surface area contributed by atoms with Gasteiger partial charge in [-0.2, -0.15) is 0 Å². The summed E-state index contributed by atoms with van der Waals surface area (Å²) in [6, 6.07) is 78.0. The van der Waals surface area contributed by atoms with Crippen molar-refractivity contribution in [3.8, 4) is 114 Å². The first-order chi connectivity index (χ1) is 70.5. The second-order valence-electron chi connectivity index (χ2n) is 33.5. The fraction of sp³-hybridized carbons (Fsp3) is 0.0748. The summed E-state index contributed by atoms with van der Waals surface area (Å²) in [6.45, 7) is 7.73. The van der Waals surface area contributed by atoms with E-state index in [0.29, 0.717) is 103 Å². The lowest BCUT2D eigenvalue weighted by Gasteiger charge is -2.05. The number of anilines is 4. The minimum absolute atomic E-state index is 0.0763. The molecule has 4 amide bonds. The standard InChI is InChI=1S/C28H22N6O2.C27H21N7O2.2C26H20N8O2/c1-18-16-34(17-30-18)28-23-15-25(32-24(23)11-12-29-28)20-7-9-21(10-8-20)31-27(35)14-22-13-26(33-36-22)19-5-3-2-4-6-19;1-17-14-34(16-30-17)27-22-13-23(32-26(22)28-15-29-27)19-7-9-20(10-8-19)31-25(35)12-21-11-24(33-36-21)18-5-3-2-4-6-18;1-16-14-34(15-29-16)26-24-21(8-11-28-26)31-25(32-24)18-2-4-19(5-3-18)30-23(35)13-20-12-22(33-36-20)17-6-9-27-10-7-17;1-16-13-34(15-29-16)26-23-25(27-14-28-26)32-24(31-23)18-7-9-19(10-8-18)30-22(35)12-20-11-21(33-36-20)17-5-3-2-4-6-17/h2-13,15-17,32H,14H2,1H3,(H,31,35);2-11,13-16H,12H2,1H3,(H,31,35)(H,28,29,32);2-12,14-15H,13H2,1H3,(H,30,35)(H,31,32);2-11,13-15H,12H2,1H3,(H,30,35)(H,27,28,31,32). The molecule has 0 atom stereocenters. The smallest absolute Gasteiger partial charge is 0.232 e. The van der Waals surface area contributed by atoms with Crippen LogP contribution in [0.5, 0.6) is 0 Å². The van der Waals surface area contributed by atoms with Gasteiger partial charge in [0.2, 0.25) is 23.6 Å². The second-order valence-corrected chi connectivity index (χ2v) is 33.5. The molecular weight excluding hydrogens is 1820 g/mol. The molecule has 17 aromatic heterocycles. The molecule has 37 nitrogen and oxygen atoms in total. The van der Waals surface area contributed by atoms with Crippen LogP contribution in [0.15, 0.2) is 354 Å². The molecule has 0 bridgehead atoms. The average Bonchev–Trinajstić information content (AvgIpc) is 1.65. The van der Waals surface area contributed by atoms with Gasteiger partial charge in [0.15, 0.2) is 23.1 Å². The molecule has 0 spiro atoms. The van der Waals surface area contributed by atoms with Gasteiger partial charge in [-0.15, -0.1) is 0 Å². The Balaban J connectivity index is 0.000000113. The molecule has 0 fully saturated rings. The third-order valence-electron chi connectivity index (χ3n) is 23.0. The maximum absolute atomic E-state index is 12.6. The van der Waals surface area contributed by atoms with E-state index in [9.17, 15) is 19.2 Å². The molecule has 0 saturated carbocycles. The number of hydrogen-bond acceptors (Lipinski definition) is 25. The Labute approximate surface area is 817 Å². The van der Waals surface area contributed by atoms with E-state index in [-0.39, 0.29) is 49.3 Å². The number of carbonyl (C=O) groups is 4. The number of aromatic nitrogens is 25. The van der Waals surface area contributed by atoms with Gasteiger partial charge in [-0.3, -0.25) is 42.4 Å². The summed E-state index contributed by atoms with van der Waals surface area (Å²) >= 11 is 0. The number of imidazole rings is 6. The number of hydrogen-bond donors (Lipinski definition) is 8. The van der Waals surface area contributed by atoms with Crippen molar-refractivity contribution in [3.63, 3.8) is 0 Å². The van der Waals surface area contributed by atoms with Crippen LogP contribution in [0.1, 0.15) is 45.8 Å². The van der Waals surface area contributed by atoms with E-state index in [1.54, 1.807) is 74.4 Å². The van der Waals surface area contributed by atoms with Crippen LogP contribution < -0.4 is 21.3 Å². The highest BCUT2D eigenvalue weighted by Crippen LogP contribution is 2.34. The lowest BCUT2D eigenvalue weighted by Crippen LogP contribution is -2.13. The summed E-state index contributed by atoms with van der Waals surface area (Å²) in [5.74, 6) is 5.57. The molecule has 704 valence electrons. The average molecular weight is 1900 g/mol. The van der Waals surface area contributed by atoms with Crippen molar-refractivity contribution >= 4 is 90.5 Å². The fourth-order valence-electron chi connectivity index (χ4n) is 16.1. The number of H-pyrrole nitrogens is 4. The topological polar surface area (TPSA) is 471 Å². The summed E-state index contributed by atoms with van der Waals surface area (Å²) in [5, 5.41) is 29.7. The molecule has 8 N–H and O–H groups in total. The maximum atomic E-state index is 12.6. The first-order valence-corrected chi connectivity index (χ1v) is 45.4. The summed E-state index contributed by atoms with van der Waals surface area (Å²) < 4.78 is 28.8. The van der Waals surface area contributed by atoms with Crippen LogP contribution in [0, 0.1) is 27.7 Å². The Morgan fingerprint density at radius 1 is 0.306 bits per heavy atom. The molecular formula is C107H83N29O8. The number of aromatic amines is 4. The van der Waals surface area contributed by atoms with E-state index >= 15 is 0 Å². The van der Waals surface area contributed by atoms with Crippen molar-refractivity contribution in [1.29, 1.82) is 0 Å². The molecule has 0 aliphatic heterocycles. The van der Waals surface area contributed by atoms with E-state index in [2.05, 4.69) is 128 Å². The molecule has 0 radical (unpaired) electrons. The molecule has 0 aliphatic rings. The van der Waals surface area contributed by atoms with Crippen molar-refractivity contribution in [3.05, 3.63) is 382 Å². The van der Waals surface area contributed by atoms with E-state index < -0.39 is 0 Å². The quantitative estimate of drug-likeness (QED) is 0.0278.